The molecule has 128 valence electrons. The third-order valence-corrected chi connectivity index (χ3v) is 6.30. The number of hydrogen-bond donors (Lipinski definition) is 1. The Morgan fingerprint density at radius 1 is 1.43 bits per heavy atom. The first-order valence-corrected chi connectivity index (χ1v) is 9.35. The van der Waals surface area contributed by atoms with Gasteiger partial charge in [0.2, 0.25) is 0 Å². The summed E-state index contributed by atoms with van der Waals surface area (Å²) in [6.07, 6.45) is 2.44. The predicted molar refractivity (Wildman–Crippen MR) is 89.6 cm³/mol. The Hall–Kier alpha value is -0.980. The van der Waals surface area contributed by atoms with Crippen LogP contribution in [0, 0.1) is 5.92 Å². The molecule has 1 N–H and O–H groups in total. The number of carbonyl (C=O) groups excluding carboxylic acids is 1. The standard InChI is InChI=1S/C17H25NO4S/c1-12(2)14-11-18(6-10-23-14)16(19)13-3-7-22-15(13)17(20)4-8-21-9-5-17/h3,7,12,14,20H,4-6,8-11H2,1-2H3. The Kier molecular flexibility index (Phi) is 5.04. The van der Waals surface area contributed by atoms with Gasteiger partial charge in [-0.2, -0.15) is 11.8 Å². The van der Waals surface area contributed by atoms with E-state index in [1.807, 2.05) is 16.7 Å². The zero-order chi connectivity index (χ0) is 16.4. The molecule has 3 heterocycles. The molecule has 0 spiro atoms. The summed E-state index contributed by atoms with van der Waals surface area (Å²) >= 11 is 1.94. The molecule has 0 saturated carbocycles. The second kappa shape index (κ2) is 6.87. The summed E-state index contributed by atoms with van der Waals surface area (Å²) in [7, 11) is 0. The lowest BCUT2D eigenvalue weighted by molar-refractivity contribution is -0.0805. The quantitative estimate of drug-likeness (QED) is 0.917. The first kappa shape index (κ1) is 16.9. The van der Waals surface area contributed by atoms with Gasteiger partial charge in [-0.25, -0.2) is 0 Å². The molecule has 23 heavy (non-hydrogen) atoms. The molecule has 5 nitrogen and oxygen atoms in total. The first-order valence-electron chi connectivity index (χ1n) is 8.30. The number of nitrogens with zero attached hydrogens (tertiary/aromatic N) is 1. The van der Waals surface area contributed by atoms with Crippen molar-refractivity contribution in [2.24, 2.45) is 5.92 Å². The summed E-state index contributed by atoms with van der Waals surface area (Å²) in [5, 5.41) is 11.3. The van der Waals surface area contributed by atoms with Crippen molar-refractivity contribution in [2.75, 3.05) is 32.1 Å². The van der Waals surface area contributed by atoms with Gasteiger partial charge < -0.3 is 19.2 Å². The SMILES string of the molecule is CC(C)C1CN(C(=O)c2ccoc2C2(O)CCOCC2)CCS1. The van der Waals surface area contributed by atoms with Crippen molar-refractivity contribution in [3.8, 4) is 0 Å². The van der Waals surface area contributed by atoms with Crippen LogP contribution >= 0.6 is 11.8 Å². The van der Waals surface area contributed by atoms with Gasteiger partial charge in [0, 0.05) is 50.1 Å². The molecular weight excluding hydrogens is 314 g/mol. The van der Waals surface area contributed by atoms with Crippen LogP contribution in [0.5, 0.6) is 0 Å². The van der Waals surface area contributed by atoms with Gasteiger partial charge in [0.05, 0.1) is 11.8 Å². The molecule has 1 aromatic heterocycles. The molecule has 0 bridgehead atoms. The summed E-state index contributed by atoms with van der Waals surface area (Å²) in [5.74, 6) is 1.88. The van der Waals surface area contributed by atoms with Crippen LogP contribution in [0.1, 0.15) is 42.8 Å². The average molecular weight is 339 g/mol. The number of rotatable bonds is 3. The Morgan fingerprint density at radius 3 is 2.87 bits per heavy atom. The second-order valence-corrected chi connectivity index (χ2v) is 8.06. The van der Waals surface area contributed by atoms with Gasteiger partial charge in [-0.15, -0.1) is 0 Å². The Labute approximate surface area is 141 Å². The van der Waals surface area contributed by atoms with Crippen LogP contribution in [-0.2, 0) is 10.3 Å². The van der Waals surface area contributed by atoms with Crippen LogP contribution in [0.15, 0.2) is 16.7 Å². The van der Waals surface area contributed by atoms with E-state index in [0.29, 0.717) is 48.5 Å². The van der Waals surface area contributed by atoms with Crippen LogP contribution in [-0.4, -0.2) is 53.2 Å². The van der Waals surface area contributed by atoms with E-state index < -0.39 is 5.60 Å². The van der Waals surface area contributed by atoms with Crippen molar-refractivity contribution >= 4 is 17.7 Å². The number of amides is 1. The van der Waals surface area contributed by atoms with E-state index in [2.05, 4.69) is 13.8 Å². The average Bonchev–Trinajstić information content (AvgIpc) is 3.05. The highest BCUT2D eigenvalue weighted by Crippen LogP contribution is 2.36. The summed E-state index contributed by atoms with van der Waals surface area (Å²) in [4.78, 5) is 14.8. The molecule has 2 saturated heterocycles. The number of aliphatic hydroxyl groups is 1. The van der Waals surface area contributed by atoms with Gasteiger partial charge >= 0.3 is 0 Å². The summed E-state index contributed by atoms with van der Waals surface area (Å²) in [6.45, 7) is 6.87. The zero-order valence-corrected chi connectivity index (χ0v) is 14.6. The molecule has 1 atom stereocenters. The summed E-state index contributed by atoms with van der Waals surface area (Å²) in [6, 6.07) is 1.69. The lowest BCUT2D eigenvalue weighted by Crippen LogP contribution is -2.44. The van der Waals surface area contributed by atoms with Crippen LogP contribution in [0.25, 0.3) is 0 Å². The normalized spacial score (nSPS) is 24.9. The lowest BCUT2D eigenvalue weighted by Gasteiger charge is -2.35. The van der Waals surface area contributed by atoms with Gasteiger partial charge in [-0.3, -0.25) is 4.79 Å². The smallest absolute Gasteiger partial charge is 0.257 e. The fourth-order valence-electron chi connectivity index (χ4n) is 3.21. The fourth-order valence-corrected chi connectivity index (χ4v) is 4.51. The molecule has 1 amide bonds. The molecule has 0 aromatic carbocycles. The fraction of sp³-hybridized carbons (Fsp3) is 0.706. The van der Waals surface area contributed by atoms with Crippen molar-refractivity contribution in [3.05, 3.63) is 23.7 Å². The van der Waals surface area contributed by atoms with Gasteiger partial charge in [0.25, 0.3) is 5.91 Å². The highest BCUT2D eigenvalue weighted by Gasteiger charge is 2.39. The number of hydrogen-bond acceptors (Lipinski definition) is 5. The Morgan fingerprint density at radius 2 is 2.17 bits per heavy atom. The van der Waals surface area contributed by atoms with Gasteiger partial charge in [-0.1, -0.05) is 13.8 Å². The molecule has 1 aromatic rings. The monoisotopic (exact) mass is 339 g/mol. The van der Waals surface area contributed by atoms with Crippen molar-refractivity contribution in [2.45, 2.75) is 37.5 Å². The lowest BCUT2D eigenvalue weighted by atomic mass is 9.89. The van der Waals surface area contributed by atoms with E-state index in [-0.39, 0.29) is 5.91 Å². The van der Waals surface area contributed by atoms with E-state index >= 15 is 0 Å². The van der Waals surface area contributed by atoms with Crippen molar-refractivity contribution in [3.63, 3.8) is 0 Å². The molecule has 2 fully saturated rings. The minimum atomic E-state index is -1.09. The van der Waals surface area contributed by atoms with E-state index in [4.69, 9.17) is 9.15 Å². The maximum Gasteiger partial charge on any atom is 0.257 e. The van der Waals surface area contributed by atoms with E-state index in [1.54, 1.807) is 6.07 Å². The van der Waals surface area contributed by atoms with E-state index in [0.717, 1.165) is 18.8 Å². The van der Waals surface area contributed by atoms with Crippen molar-refractivity contribution in [1.29, 1.82) is 0 Å². The summed E-state index contributed by atoms with van der Waals surface area (Å²) < 4.78 is 10.9. The summed E-state index contributed by atoms with van der Waals surface area (Å²) in [5.41, 5.74) is -0.585. The predicted octanol–water partition coefficient (Wildman–Crippen LogP) is 2.49. The molecular formula is C17H25NO4S. The topological polar surface area (TPSA) is 62.9 Å². The number of ether oxygens (including phenoxy) is 1. The minimum absolute atomic E-state index is 0.0281. The molecule has 2 aliphatic rings. The van der Waals surface area contributed by atoms with Crippen molar-refractivity contribution < 1.29 is 19.1 Å². The highest BCUT2D eigenvalue weighted by molar-refractivity contribution is 8.00. The molecule has 1 unspecified atom stereocenters. The van der Waals surface area contributed by atoms with Crippen LogP contribution in [0.2, 0.25) is 0 Å². The molecule has 0 aliphatic carbocycles. The van der Waals surface area contributed by atoms with Gasteiger partial charge in [0.1, 0.15) is 11.4 Å². The third-order valence-electron chi connectivity index (χ3n) is 4.76. The highest BCUT2D eigenvalue weighted by atomic mass is 32.2. The Bertz CT molecular complexity index is 551. The van der Waals surface area contributed by atoms with Crippen LogP contribution in [0.4, 0.5) is 0 Å². The molecule has 0 radical (unpaired) electrons. The molecule has 6 heteroatoms. The number of furan rings is 1. The van der Waals surface area contributed by atoms with E-state index in [1.165, 1.54) is 6.26 Å². The molecule has 3 rings (SSSR count). The van der Waals surface area contributed by atoms with Crippen LogP contribution < -0.4 is 0 Å². The second-order valence-electron chi connectivity index (χ2n) is 6.71. The zero-order valence-electron chi connectivity index (χ0n) is 13.8. The Balaban J connectivity index is 1.79. The van der Waals surface area contributed by atoms with E-state index in [9.17, 15) is 9.90 Å². The largest absolute Gasteiger partial charge is 0.465 e. The van der Waals surface area contributed by atoms with Gasteiger partial charge in [-0.05, 0) is 12.0 Å². The van der Waals surface area contributed by atoms with Crippen molar-refractivity contribution in [1.82, 2.24) is 4.90 Å². The maximum atomic E-state index is 12.9. The first-order chi connectivity index (χ1) is 11.0. The number of carbonyl (C=O) groups is 1. The van der Waals surface area contributed by atoms with Gasteiger partial charge in [0.15, 0.2) is 0 Å². The molecule has 2 aliphatic heterocycles. The number of thioether (sulfide) groups is 1. The van der Waals surface area contributed by atoms with Crippen LogP contribution in [0.3, 0.4) is 0 Å². The third kappa shape index (κ3) is 3.44. The maximum absolute atomic E-state index is 12.9. The minimum Gasteiger partial charge on any atom is -0.465 e.